The van der Waals surface area contributed by atoms with Crippen LogP contribution in [0.5, 0.6) is 0 Å². The van der Waals surface area contributed by atoms with E-state index in [1.54, 1.807) is 0 Å². The fraction of sp³-hybridized carbons (Fsp3) is 1.00. The summed E-state index contributed by atoms with van der Waals surface area (Å²) in [7, 11) is 0. The van der Waals surface area contributed by atoms with Gasteiger partial charge in [-0.2, -0.15) is 26.3 Å². The largest absolute Gasteiger partial charge is 0.394 e. The molecule has 0 aromatic carbocycles. The highest BCUT2D eigenvalue weighted by Gasteiger charge is 2.74. The van der Waals surface area contributed by atoms with Crippen LogP contribution in [-0.2, 0) is 14.2 Å². The van der Waals surface area contributed by atoms with Crippen LogP contribution in [0.2, 0.25) is 0 Å². The molecule has 0 spiro atoms. The molecule has 0 bridgehead atoms. The molecule has 0 amide bonds. The average molecular weight is 376 g/mol. The number of hydrogen-bond acceptors (Lipinski definition) is 4. The Hall–Kier alpha value is -0.720. The Bertz CT molecular complexity index is 389. The predicted molar refractivity (Wildman–Crippen MR) is 62.8 cm³/mol. The number of halogens is 8. The highest BCUT2D eigenvalue weighted by molar-refractivity contribution is 4.97. The molecule has 0 aromatic rings. The summed E-state index contributed by atoms with van der Waals surface area (Å²) in [5, 5.41) is 8.92. The molecule has 2 atom stereocenters. The molecule has 0 saturated carbocycles. The second kappa shape index (κ2) is 8.11. The number of epoxide rings is 1. The first-order valence-electron chi connectivity index (χ1n) is 6.79. The minimum absolute atomic E-state index is 0.101. The van der Waals surface area contributed by atoms with Gasteiger partial charge >= 0.3 is 24.2 Å². The topological polar surface area (TPSA) is 51.2 Å². The molecule has 1 aliphatic heterocycles. The number of alkyl halides is 8. The van der Waals surface area contributed by atoms with E-state index in [2.05, 4.69) is 4.74 Å². The smallest absolute Gasteiger partial charge is 0.377 e. The molecule has 0 radical (unpaired) electrons. The highest BCUT2D eigenvalue weighted by atomic mass is 19.4. The van der Waals surface area contributed by atoms with Gasteiger partial charge < -0.3 is 19.3 Å². The van der Waals surface area contributed by atoms with Gasteiger partial charge in [-0.25, -0.2) is 8.78 Å². The van der Waals surface area contributed by atoms with Gasteiger partial charge in [-0.05, 0) is 0 Å². The van der Waals surface area contributed by atoms with Gasteiger partial charge in [-0.1, -0.05) is 0 Å². The lowest BCUT2D eigenvalue weighted by molar-refractivity contribution is -0.340. The zero-order chi connectivity index (χ0) is 18.6. The second-order valence-corrected chi connectivity index (χ2v) is 5.12. The zero-order valence-electron chi connectivity index (χ0n) is 12.2. The molecule has 0 aliphatic carbocycles. The van der Waals surface area contributed by atoms with E-state index in [-0.39, 0.29) is 12.7 Å². The molecule has 144 valence electrons. The molecule has 1 saturated heterocycles. The molecule has 1 heterocycles. The minimum atomic E-state index is -6.24. The predicted octanol–water partition coefficient (Wildman–Crippen LogP) is 2.34. The van der Waals surface area contributed by atoms with Crippen LogP contribution in [0, 0.1) is 0 Å². The van der Waals surface area contributed by atoms with Crippen LogP contribution in [0.15, 0.2) is 0 Å². The third kappa shape index (κ3) is 5.14. The van der Waals surface area contributed by atoms with Crippen molar-refractivity contribution in [3.8, 4) is 0 Å². The number of aliphatic hydroxyl groups is 1. The minimum Gasteiger partial charge on any atom is -0.394 e. The fourth-order valence-electron chi connectivity index (χ4n) is 1.51. The van der Waals surface area contributed by atoms with E-state index in [1.165, 1.54) is 0 Å². The van der Waals surface area contributed by atoms with Gasteiger partial charge in [0, 0.05) is 6.42 Å². The monoisotopic (exact) mass is 376 g/mol. The zero-order valence-corrected chi connectivity index (χ0v) is 12.2. The molecule has 1 fully saturated rings. The summed E-state index contributed by atoms with van der Waals surface area (Å²) < 4.78 is 116. The van der Waals surface area contributed by atoms with Crippen molar-refractivity contribution < 1.29 is 54.4 Å². The van der Waals surface area contributed by atoms with Gasteiger partial charge in [0.15, 0.2) is 0 Å². The van der Waals surface area contributed by atoms with Crippen molar-refractivity contribution in [1.29, 1.82) is 0 Å². The number of aliphatic hydroxyl groups excluding tert-OH is 1. The van der Waals surface area contributed by atoms with E-state index in [4.69, 9.17) is 14.6 Å². The van der Waals surface area contributed by atoms with Gasteiger partial charge in [0.25, 0.3) is 0 Å². The lowest BCUT2D eigenvalue weighted by atomic mass is 10.0. The molecule has 24 heavy (non-hydrogen) atoms. The molecule has 0 aromatic heterocycles. The van der Waals surface area contributed by atoms with Crippen molar-refractivity contribution in [2.24, 2.45) is 0 Å². The quantitative estimate of drug-likeness (QED) is 0.323. The van der Waals surface area contributed by atoms with Crippen molar-refractivity contribution in [3.05, 3.63) is 0 Å². The number of ether oxygens (including phenoxy) is 3. The van der Waals surface area contributed by atoms with Gasteiger partial charge in [0.1, 0.15) is 12.2 Å². The first kappa shape index (κ1) is 21.3. The third-order valence-electron chi connectivity index (χ3n) is 3.14. The van der Waals surface area contributed by atoms with Crippen molar-refractivity contribution in [2.75, 3.05) is 33.0 Å². The molecule has 1 rings (SSSR count). The molecule has 12 heteroatoms. The van der Waals surface area contributed by atoms with E-state index in [1.807, 2.05) is 0 Å². The Kier molecular flexibility index (Phi) is 7.20. The first-order chi connectivity index (χ1) is 11.0. The average Bonchev–Trinajstić information content (AvgIpc) is 3.30. The molecular formula is C12H16F8O4. The molecule has 4 nitrogen and oxygen atoms in total. The standard InChI is InChI=1S/C12H16F8O4/c13-9(14)11(17,18)12(19,20)10(15,16)1-2-22-4-7(3-21)23-5-8-6-24-8/h7-9,21H,1-6H2. The van der Waals surface area contributed by atoms with Crippen LogP contribution in [-0.4, -0.2) is 74.5 Å². The summed E-state index contributed by atoms with van der Waals surface area (Å²) >= 11 is 0. The van der Waals surface area contributed by atoms with E-state index in [0.717, 1.165) is 0 Å². The van der Waals surface area contributed by atoms with Crippen LogP contribution in [0.1, 0.15) is 6.42 Å². The lowest BCUT2D eigenvalue weighted by Gasteiger charge is -2.32. The summed E-state index contributed by atoms with van der Waals surface area (Å²) in [6.45, 7) is -1.61. The van der Waals surface area contributed by atoms with E-state index in [0.29, 0.717) is 6.61 Å². The third-order valence-corrected chi connectivity index (χ3v) is 3.14. The molecular weight excluding hydrogens is 360 g/mol. The summed E-state index contributed by atoms with van der Waals surface area (Å²) in [5.41, 5.74) is 0. The summed E-state index contributed by atoms with van der Waals surface area (Å²) in [5.74, 6) is -17.8. The maximum atomic E-state index is 13.2. The van der Waals surface area contributed by atoms with Gasteiger partial charge in [0.2, 0.25) is 0 Å². The van der Waals surface area contributed by atoms with E-state index >= 15 is 0 Å². The fourth-order valence-corrected chi connectivity index (χ4v) is 1.51. The first-order valence-corrected chi connectivity index (χ1v) is 6.79. The van der Waals surface area contributed by atoms with E-state index < -0.39 is 56.5 Å². The van der Waals surface area contributed by atoms with Crippen molar-refractivity contribution >= 4 is 0 Å². The normalized spacial score (nSPS) is 20.5. The summed E-state index contributed by atoms with van der Waals surface area (Å²) in [4.78, 5) is 0. The Balaban J connectivity index is 2.42. The van der Waals surface area contributed by atoms with Gasteiger partial charge in [-0.3, -0.25) is 0 Å². The van der Waals surface area contributed by atoms with Gasteiger partial charge in [0.05, 0.1) is 33.0 Å². The SMILES string of the molecule is OCC(COCCC(F)(F)C(F)(F)C(F)(F)C(F)F)OCC1CO1. The van der Waals surface area contributed by atoms with Crippen LogP contribution < -0.4 is 0 Å². The second-order valence-electron chi connectivity index (χ2n) is 5.12. The van der Waals surface area contributed by atoms with Crippen LogP contribution >= 0.6 is 0 Å². The Morgan fingerprint density at radius 1 is 1.12 bits per heavy atom. The molecule has 1 aliphatic rings. The summed E-state index contributed by atoms with van der Waals surface area (Å²) in [6, 6.07) is 0. The van der Waals surface area contributed by atoms with E-state index in [9.17, 15) is 35.1 Å². The van der Waals surface area contributed by atoms with Crippen molar-refractivity contribution in [3.63, 3.8) is 0 Å². The van der Waals surface area contributed by atoms with Crippen molar-refractivity contribution in [2.45, 2.75) is 42.8 Å². The Morgan fingerprint density at radius 3 is 2.17 bits per heavy atom. The lowest BCUT2D eigenvalue weighted by Crippen LogP contribution is -2.57. The Morgan fingerprint density at radius 2 is 1.71 bits per heavy atom. The van der Waals surface area contributed by atoms with Crippen LogP contribution in [0.4, 0.5) is 35.1 Å². The Labute approximate surface area is 131 Å². The van der Waals surface area contributed by atoms with Crippen LogP contribution in [0.25, 0.3) is 0 Å². The summed E-state index contributed by atoms with van der Waals surface area (Å²) in [6.07, 6.45) is -7.97. The molecule has 2 unspecified atom stereocenters. The maximum absolute atomic E-state index is 13.2. The van der Waals surface area contributed by atoms with Gasteiger partial charge in [-0.15, -0.1) is 0 Å². The maximum Gasteiger partial charge on any atom is 0.377 e. The highest BCUT2D eigenvalue weighted by Crippen LogP contribution is 2.49. The molecule has 1 N–H and O–H groups in total. The van der Waals surface area contributed by atoms with Crippen LogP contribution in [0.3, 0.4) is 0 Å². The van der Waals surface area contributed by atoms with Crippen molar-refractivity contribution in [1.82, 2.24) is 0 Å². The number of hydrogen-bond donors (Lipinski definition) is 1. The number of rotatable bonds is 12.